The Morgan fingerprint density at radius 3 is 2.88 bits per heavy atom. The second-order valence-electron chi connectivity index (χ2n) is 6.83. The van der Waals surface area contributed by atoms with Crippen LogP contribution in [0.4, 0.5) is 10.3 Å². The molecule has 3 aromatic rings. The van der Waals surface area contributed by atoms with Crippen LogP contribution in [0.2, 0.25) is 0 Å². The average molecular weight is 353 g/mol. The number of halogens is 1. The molecule has 0 spiro atoms. The molecule has 1 amide bonds. The number of hydrogen-bond acceptors (Lipinski definition) is 4. The number of carbonyl (C=O) groups excluding carboxylic acids is 1. The molecule has 3 N–H and O–H groups in total. The molecular weight excluding hydrogens is 333 g/mol. The maximum atomic E-state index is 14.3. The number of nitrogens with two attached hydrogens (primary N) is 1. The number of hydrogen-bond donors (Lipinski definition) is 2. The standard InChI is InChI=1S/C19H20FN5O/c1-11(8-21)18-16(10-23-24-18)13-4-5-14-9-22-17(7-15(14)6-13)25(20)19(26)12-2-3-12/h4-7,9-12H,2-3,8,21H2,1H3,(H,23,24). The van der Waals surface area contributed by atoms with Crippen molar-refractivity contribution < 1.29 is 9.28 Å². The molecule has 1 aromatic carbocycles. The highest BCUT2D eigenvalue weighted by Crippen LogP contribution is 2.34. The van der Waals surface area contributed by atoms with E-state index < -0.39 is 5.91 Å². The van der Waals surface area contributed by atoms with Crippen molar-refractivity contribution in [3.8, 4) is 11.1 Å². The monoisotopic (exact) mass is 353 g/mol. The summed E-state index contributed by atoms with van der Waals surface area (Å²) in [6, 6.07) is 7.46. The molecule has 4 rings (SSSR count). The van der Waals surface area contributed by atoms with Crippen molar-refractivity contribution in [2.45, 2.75) is 25.7 Å². The van der Waals surface area contributed by atoms with Gasteiger partial charge in [0, 0.05) is 41.2 Å². The van der Waals surface area contributed by atoms with Gasteiger partial charge in [-0.3, -0.25) is 9.89 Å². The van der Waals surface area contributed by atoms with Gasteiger partial charge in [0.05, 0.1) is 6.20 Å². The molecule has 1 unspecified atom stereocenters. The molecule has 1 fully saturated rings. The number of benzene rings is 1. The minimum absolute atomic E-state index is 0.0225. The number of rotatable bonds is 5. The maximum absolute atomic E-state index is 14.3. The summed E-state index contributed by atoms with van der Waals surface area (Å²) >= 11 is 0. The summed E-state index contributed by atoms with van der Waals surface area (Å²) in [5, 5.41) is 9.01. The van der Waals surface area contributed by atoms with Crippen LogP contribution in [0.1, 0.15) is 31.4 Å². The molecule has 1 saturated carbocycles. The Kier molecular flexibility index (Phi) is 4.16. The minimum Gasteiger partial charge on any atom is -0.330 e. The quantitative estimate of drug-likeness (QED) is 0.689. The molecule has 0 radical (unpaired) electrons. The molecule has 1 aliphatic carbocycles. The van der Waals surface area contributed by atoms with Gasteiger partial charge in [-0.25, -0.2) is 4.98 Å². The molecule has 26 heavy (non-hydrogen) atoms. The summed E-state index contributed by atoms with van der Waals surface area (Å²) < 4.78 is 14.3. The topological polar surface area (TPSA) is 87.9 Å². The highest BCUT2D eigenvalue weighted by atomic mass is 19.2. The predicted molar refractivity (Wildman–Crippen MR) is 98.1 cm³/mol. The van der Waals surface area contributed by atoms with Crippen molar-refractivity contribution in [1.82, 2.24) is 15.2 Å². The Morgan fingerprint density at radius 1 is 1.35 bits per heavy atom. The van der Waals surface area contributed by atoms with Gasteiger partial charge in [-0.05, 0) is 35.9 Å². The van der Waals surface area contributed by atoms with Crippen LogP contribution in [0.3, 0.4) is 0 Å². The number of fused-ring (bicyclic) bond motifs is 1. The maximum Gasteiger partial charge on any atom is 0.259 e. The summed E-state index contributed by atoms with van der Waals surface area (Å²) in [5.74, 6) is -0.542. The summed E-state index contributed by atoms with van der Waals surface area (Å²) in [5.41, 5.74) is 8.67. The van der Waals surface area contributed by atoms with Gasteiger partial charge in [0.2, 0.25) is 0 Å². The van der Waals surface area contributed by atoms with Crippen molar-refractivity contribution in [1.29, 1.82) is 0 Å². The number of aromatic nitrogens is 3. The van der Waals surface area contributed by atoms with Crippen LogP contribution in [0, 0.1) is 5.92 Å². The predicted octanol–water partition coefficient (Wildman–Crippen LogP) is 3.31. The number of nitrogens with one attached hydrogen (secondary N) is 1. The Hall–Kier alpha value is -2.80. The van der Waals surface area contributed by atoms with Gasteiger partial charge in [0.1, 0.15) is 0 Å². The zero-order chi connectivity index (χ0) is 18.3. The van der Waals surface area contributed by atoms with E-state index >= 15 is 0 Å². The average Bonchev–Trinajstić information content (AvgIpc) is 3.41. The first-order valence-electron chi connectivity index (χ1n) is 8.71. The normalized spacial score (nSPS) is 15.2. The highest BCUT2D eigenvalue weighted by molar-refractivity contribution is 5.96. The van der Waals surface area contributed by atoms with Gasteiger partial charge in [-0.1, -0.05) is 23.5 Å². The minimum atomic E-state index is -0.512. The third kappa shape index (κ3) is 2.94. The third-order valence-corrected chi connectivity index (χ3v) is 4.85. The van der Waals surface area contributed by atoms with Crippen LogP contribution in [-0.4, -0.2) is 27.6 Å². The van der Waals surface area contributed by atoms with Crippen LogP contribution in [0.25, 0.3) is 21.9 Å². The van der Waals surface area contributed by atoms with Crippen LogP contribution in [-0.2, 0) is 4.79 Å². The van der Waals surface area contributed by atoms with E-state index in [9.17, 15) is 9.28 Å². The van der Waals surface area contributed by atoms with E-state index in [4.69, 9.17) is 5.73 Å². The summed E-state index contributed by atoms with van der Waals surface area (Å²) in [4.78, 5) is 16.0. The second kappa shape index (κ2) is 6.49. The molecular formula is C19H20FN5O. The van der Waals surface area contributed by atoms with Crippen LogP contribution < -0.4 is 10.9 Å². The van der Waals surface area contributed by atoms with Crippen molar-refractivity contribution in [3.05, 3.63) is 42.4 Å². The lowest BCUT2D eigenvalue weighted by Crippen LogP contribution is -2.24. The van der Waals surface area contributed by atoms with Crippen molar-refractivity contribution >= 4 is 22.5 Å². The molecule has 134 valence electrons. The van der Waals surface area contributed by atoms with Gasteiger partial charge in [0.15, 0.2) is 5.82 Å². The van der Waals surface area contributed by atoms with E-state index in [1.807, 2.05) is 25.1 Å². The molecule has 0 bridgehead atoms. The van der Waals surface area contributed by atoms with E-state index in [-0.39, 0.29) is 22.8 Å². The Morgan fingerprint density at radius 2 is 2.15 bits per heavy atom. The van der Waals surface area contributed by atoms with E-state index in [0.29, 0.717) is 6.54 Å². The highest BCUT2D eigenvalue weighted by Gasteiger charge is 2.35. The van der Waals surface area contributed by atoms with Gasteiger partial charge in [0.25, 0.3) is 5.91 Å². The molecule has 7 heteroatoms. The molecule has 6 nitrogen and oxygen atoms in total. The summed E-state index contributed by atoms with van der Waals surface area (Å²) in [6.07, 6.45) is 4.85. The Balaban J connectivity index is 1.72. The Bertz CT molecular complexity index is 965. The summed E-state index contributed by atoms with van der Waals surface area (Å²) in [6.45, 7) is 2.54. The SMILES string of the molecule is CC(CN)c1[nH]ncc1-c1ccc2cnc(N(F)C(=O)C3CC3)cc2c1. The first kappa shape index (κ1) is 16.7. The molecule has 0 aliphatic heterocycles. The van der Waals surface area contributed by atoms with Gasteiger partial charge < -0.3 is 5.73 Å². The zero-order valence-corrected chi connectivity index (χ0v) is 14.4. The third-order valence-electron chi connectivity index (χ3n) is 4.85. The van der Waals surface area contributed by atoms with E-state index in [1.54, 1.807) is 18.5 Å². The molecule has 0 saturated heterocycles. The largest absolute Gasteiger partial charge is 0.330 e. The van der Waals surface area contributed by atoms with Gasteiger partial charge in [-0.15, -0.1) is 5.12 Å². The summed E-state index contributed by atoms with van der Waals surface area (Å²) in [7, 11) is 0. The fourth-order valence-corrected chi connectivity index (χ4v) is 3.03. The number of pyridine rings is 1. The first-order chi connectivity index (χ1) is 12.6. The number of nitrogens with zero attached hydrogens (tertiary/aromatic N) is 3. The second-order valence-corrected chi connectivity index (χ2v) is 6.83. The van der Waals surface area contributed by atoms with Crippen LogP contribution in [0.5, 0.6) is 0 Å². The number of H-pyrrole nitrogens is 1. The fraction of sp³-hybridized carbons (Fsp3) is 0.316. The molecule has 2 aromatic heterocycles. The first-order valence-corrected chi connectivity index (χ1v) is 8.71. The zero-order valence-electron chi connectivity index (χ0n) is 14.4. The lowest BCUT2D eigenvalue weighted by molar-refractivity contribution is -0.122. The van der Waals surface area contributed by atoms with E-state index in [2.05, 4.69) is 15.2 Å². The Labute approximate surface area is 150 Å². The lowest BCUT2D eigenvalue weighted by Gasteiger charge is -2.12. The van der Waals surface area contributed by atoms with Gasteiger partial charge in [-0.2, -0.15) is 5.10 Å². The number of amides is 1. The van der Waals surface area contributed by atoms with E-state index in [0.717, 1.165) is 40.4 Å². The van der Waals surface area contributed by atoms with Crippen LogP contribution >= 0.6 is 0 Å². The fourth-order valence-electron chi connectivity index (χ4n) is 3.03. The lowest BCUT2D eigenvalue weighted by atomic mass is 9.97. The molecule has 1 atom stereocenters. The number of aromatic amines is 1. The van der Waals surface area contributed by atoms with Crippen molar-refractivity contribution in [3.63, 3.8) is 0 Å². The number of anilines is 1. The van der Waals surface area contributed by atoms with Gasteiger partial charge >= 0.3 is 0 Å². The van der Waals surface area contributed by atoms with Crippen molar-refractivity contribution in [2.24, 2.45) is 11.7 Å². The van der Waals surface area contributed by atoms with Crippen LogP contribution in [0.15, 0.2) is 36.7 Å². The molecule has 2 heterocycles. The smallest absolute Gasteiger partial charge is 0.259 e. The van der Waals surface area contributed by atoms with Crippen molar-refractivity contribution in [2.75, 3.05) is 11.7 Å². The van der Waals surface area contributed by atoms with E-state index in [1.165, 1.54) is 0 Å². The molecule has 1 aliphatic rings. The number of carbonyl (C=O) groups is 1.